The Morgan fingerprint density at radius 2 is 1.91 bits per heavy atom. The van der Waals surface area contributed by atoms with Crippen LogP contribution < -0.4 is 11.3 Å². The second-order valence-electron chi connectivity index (χ2n) is 4.88. The van der Waals surface area contributed by atoms with Crippen LogP contribution in [-0.2, 0) is 6.54 Å². The van der Waals surface area contributed by atoms with Gasteiger partial charge in [-0.25, -0.2) is 14.6 Å². The van der Waals surface area contributed by atoms with Crippen LogP contribution in [-0.4, -0.2) is 15.7 Å². The maximum Gasteiger partial charge on any atom is 0.286 e. The van der Waals surface area contributed by atoms with Gasteiger partial charge in [-0.2, -0.15) is 5.10 Å². The minimum atomic E-state index is -0.592. The summed E-state index contributed by atoms with van der Waals surface area (Å²) in [6.07, 6.45) is 0. The lowest BCUT2D eigenvalue weighted by Crippen LogP contribution is -2.30. The number of hydrazine groups is 1. The molecule has 8 heteroatoms. The zero-order valence-corrected chi connectivity index (χ0v) is 12.4. The number of nitrogens with one attached hydrogen (secondary N) is 1. The van der Waals surface area contributed by atoms with E-state index in [1.807, 2.05) is 5.43 Å². The zero-order valence-electron chi connectivity index (χ0n) is 11.7. The molecule has 3 N–H and O–H groups in total. The van der Waals surface area contributed by atoms with Crippen LogP contribution in [0.1, 0.15) is 16.1 Å². The van der Waals surface area contributed by atoms with Crippen LogP contribution in [0.5, 0.6) is 0 Å². The van der Waals surface area contributed by atoms with Crippen LogP contribution in [0.15, 0.2) is 36.4 Å². The predicted octanol–water partition coefficient (Wildman–Crippen LogP) is 2.62. The maximum absolute atomic E-state index is 13.5. The molecule has 118 valence electrons. The summed E-state index contributed by atoms with van der Waals surface area (Å²) in [5.74, 6) is 3.62. The molecule has 0 spiro atoms. The fourth-order valence-electron chi connectivity index (χ4n) is 2.31. The molecule has 0 bridgehead atoms. The molecule has 1 aromatic heterocycles. The van der Waals surface area contributed by atoms with E-state index in [4.69, 9.17) is 17.4 Å². The first-order valence-electron chi connectivity index (χ1n) is 6.60. The molecule has 0 atom stereocenters. The molecule has 0 fully saturated rings. The second kappa shape index (κ2) is 5.94. The highest BCUT2D eigenvalue weighted by Crippen LogP contribution is 2.23. The van der Waals surface area contributed by atoms with Crippen molar-refractivity contribution in [2.24, 2.45) is 5.84 Å². The molecule has 1 heterocycles. The molecule has 0 saturated heterocycles. The maximum atomic E-state index is 13.5. The number of carbonyl (C=O) groups is 1. The average Bonchev–Trinajstić information content (AvgIpc) is 2.87. The Balaban J connectivity index is 2.13. The highest BCUT2D eigenvalue weighted by atomic mass is 35.5. The van der Waals surface area contributed by atoms with Crippen molar-refractivity contribution in [1.29, 1.82) is 0 Å². The largest absolute Gasteiger partial charge is 0.289 e. The number of halogens is 3. The third kappa shape index (κ3) is 2.88. The highest BCUT2D eigenvalue weighted by Gasteiger charge is 2.17. The average molecular weight is 337 g/mol. The molecule has 3 rings (SSSR count). The summed E-state index contributed by atoms with van der Waals surface area (Å²) < 4.78 is 28.1. The number of amides is 1. The predicted molar refractivity (Wildman–Crippen MR) is 81.9 cm³/mol. The summed E-state index contributed by atoms with van der Waals surface area (Å²) in [6.45, 7) is 0.150. The Kier molecular flexibility index (Phi) is 3.97. The minimum absolute atomic E-state index is 0.0701. The number of benzene rings is 2. The fourth-order valence-corrected chi connectivity index (χ4v) is 2.54. The molecule has 0 aliphatic rings. The lowest BCUT2D eigenvalue weighted by molar-refractivity contribution is 0.0949. The summed E-state index contributed by atoms with van der Waals surface area (Å²) in [4.78, 5) is 11.8. The molecule has 1 amide bonds. The summed E-state index contributed by atoms with van der Waals surface area (Å²) in [7, 11) is 0. The summed E-state index contributed by atoms with van der Waals surface area (Å²) >= 11 is 6.00. The summed E-state index contributed by atoms with van der Waals surface area (Å²) in [5.41, 5.74) is 3.06. The van der Waals surface area contributed by atoms with E-state index in [1.54, 1.807) is 0 Å². The molecule has 0 unspecified atom stereocenters. The number of fused-ring (bicyclic) bond motifs is 1. The van der Waals surface area contributed by atoms with Crippen molar-refractivity contribution < 1.29 is 13.6 Å². The van der Waals surface area contributed by atoms with Crippen molar-refractivity contribution in [3.8, 4) is 0 Å². The summed E-state index contributed by atoms with van der Waals surface area (Å²) in [5, 5.41) is 4.83. The molecule has 0 aliphatic carbocycles. The van der Waals surface area contributed by atoms with E-state index in [9.17, 15) is 13.6 Å². The number of rotatable bonds is 3. The number of nitrogens with zero attached hydrogens (tertiary/aromatic N) is 2. The van der Waals surface area contributed by atoms with E-state index in [-0.39, 0.29) is 17.3 Å². The van der Waals surface area contributed by atoms with Crippen molar-refractivity contribution in [2.75, 3.05) is 0 Å². The Hall–Kier alpha value is -2.51. The third-order valence-corrected chi connectivity index (χ3v) is 3.75. The number of aromatic nitrogens is 2. The van der Waals surface area contributed by atoms with Crippen molar-refractivity contribution in [2.45, 2.75) is 6.54 Å². The molecule has 0 saturated carbocycles. The normalized spacial score (nSPS) is 11.0. The Morgan fingerprint density at radius 3 is 2.61 bits per heavy atom. The van der Waals surface area contributed by atoms with Gasteiger partial charge in [-0.1, -0.05) is 17.7 Å². The molecule has 0 radical (unpaired) electrons. The first kappa shape index (κ1) is 15.4. The van der Waals surface area contributed by atoms with Gasteiger partial charge in [-0.3, -0.25) is 14.9 Å². The van der Waals surface area contributed by atoms with Gasteiger partial charge in [0.2, 0.25) is 0 Å². The Bertz CT molecular complexity index is 910. The van der Waals surface area contributed by atoms with E-state index in [2.05, 4.69) is 5.10 Å². The van der Waals surface area contributed by atoms with Crippen LogP contribution in [0.2, 0.25) is 5.02 Å². The van der Waals surface area contributed by atoms with Gasteiger partial charge in [0, 0.05) is 10.4 Å². The van der Waals surface area contributed by atoms with Gasteiger partial charge >= 0.3 is 0 Å². The van der Waals surface area contributed by atoms with Crippen LogP contribution in [0.4, 0.5) is 8.78 Å². The molecular formula is C15H11ClF2N4O. The summed E-state index contributed by atoms with van der Waals surface area (Å²) in [6, 6.07) is 7.88. The first-order valence-corrected chi connectivity index (χ1v) is 6.98. The standard InChI is InChI=1S/C15H11ClF2N4O/c16-12-5-9(17)2-1-8(12)7-22-13-6-10(18)3-4-11(13)14(21-22)15(23)20-19/h1-6H,7,19H2,(H,20,23). The lowest BCUT2D eigenvalue weighted by Gasteiger charge is -2.06. The van der Waals surface area contributed by atoms with Gasteiger partial charge in [0.05, 0.1) is 12.1 Å². The smallest absolute Gasteiger partial charge is 0.286 e. The van der Waals surface area contributed by atoms with Crippen LogP contribution in [0, 0.1) is 11.6 Å². The van der Waals surface area contributed by atoms with Gasteiger partial charge in [0.15, 0.2) is 5.69 Å². The second-order valence-corrected chi connectivity index (χ2v) is 5.28. The van der Waals surface area contributed by atoms with Crippen LogP contribution in [0.3, 0.4) is 0 Å². The number of hydrogen-bond acceptors (Lipinski definition) is 3. The molecule has 5 nitrogen and oxygen atoms in total. The van der Waals surface area contributed by atoms with E-state index >= 15 is 0 Å². The molecule has 23 heavy (non-hydrogen) atoms. The topological polar surface area (TPSA) is 72.9 Å². The number of nitrogen functional groups attached to an aromatic ring is 1. The quantitative estimate of drug-likeness (QED) is 0.439. The van der Waals surface area contributed by atoms with Gasteiger partial charge in [-0.15, -0.1) is 0 Å². The SMILES string of the molecule is NNC(=O)c1nn(Cc2ccc(F)cc2Cl)c2cc(F)ccc12. The van der Waals surface area contributed by atoms with Crippen LogP contribution >= 0.6 is 11.6 Å². The lowest BCUT2D eigenvalue weighted by atomic mass is 10.2. The van der Waals surface area contributed by atoms with Crippen molar-refractivity contribution in [3.05, 3.63) is 64.3 Å². The monoisotopic (exact) mass is 336 g/mol. The number of nitrogens with two attached hydrogens (primary N) is 1. The number of hydrogen-bond donors (Lipinski definition) is 2. The zero-order chi connectivity index (χ0) is 16.6. The molecule has 0 aliphatic heterocycles. The van der Waals surface area contributed by atoms with E-state index in [1.165, 1.54) is 41.1 Å². The van der Waals surface area contributed by atoms with Crippen molar-refractivity contribution in [1.82, 2.24) is 15.2 Å². The molecule has 2 aromatic carbocycles. The van der Waals surface area contributed by atoms with Gasteiger partial charge in [0.25, 0.3) is 5.91 Å². The first-order chi connectivity index (χ1) is 11.0. The van der Waals surface area contributed by atoms with Gasteiger partial charge < -0.3 is 0 Å². The molecule has 3 aromatic rings. The van der Waals surface area contributed by atoms with Gasteiger partial charge in [0.1, 0.15) is 11.6 Å². The number of carbonyl (C=O) groups excluding carboxylic acids is 1. The highest BCUT2D eigenvalue weighted by molar-refractivity contribution is 6.31. The Morgan fingerprint density at radius 1 is 1.22 bits per heavy atom. The van der Waals surface area contributed by atoms with Gasteiger partial charge in [-0.05, 0) is 35.9 Å². The van der Waals surface area contributed by atoms with Crippen LogP contribution in [0.25, 0.3) is 10.9 Å². The fraction of sp³-hybridized carbons (Fsp3) is 0.0667. The third-order valence-electron chi connectivity index (χ3n) is 3.40. The molecular weight excluding hydrogens is 326 g/mol. The van der Waals surface area contributed by atoms with Crippen molar-refractivity contribution >= 4 is 28.4 Å². The van der Waals surface area contributed by atoms with E-state index in [0.29, 0.717) is 16.5 Å². The van der Waals surface area contributed by atoms with Crippen molar-refractivity contribution in [3.63, 3.8) is 0 Å². The van der Waals surface area contributed by atoms with E-state index in [0.717, 1.165) is 0 Å². The van der Waals surface area contributed by atoms with E-state index < -0.39 is 17.5 Å². The minimum Gasteiger partial charge on any atom is -0.289 e. The Labute approximate surface area is 134 Å².